The topological polar surface area (TPSA) is 70.7 Å². The number of amides is 1. The second-order valence-electron chi connectivity index (χ2n) is 10.9. The van der Waals surface area contributed by atoms with Crippen molar-refractivity contribution in [2.75, 3.05) is 33.9 Å². The standard InChI is InChI=1S/C34H43ClN4O3/c1-7-38(8-2)22-25-14-10-9-13-24(25)21-29(33-36-27-15-11-12-16-28(27)37-33)39(20-19-23(3)4)34(40)26-17-18-30(41-5)32(42-6)31(26)35/h9-18,23,29H,7-8,19-22H2,1-6H3,(H,36,37). The van der Waals surface area contributed by atoms with E-state index in [-0.39, 0.29) is 17.0 Å². The average molecular weight is 591 g/mol. The zero-order chi connectivity index (χ0) is 30.2. The predicted octanol–water partition coefficient (Wildman–Crippen LogP) is 7.55. The third kappa shape index (κ3) is 7.08. The Bertz CT molecular complexity index is 1450. The third-order valence-electron chi connectivity index (χ3n) is 7.84. The Morgan fingerprint density at radius 2 is 1.64 bits per heavy atom. The highest BCUT2D eigenvalue weighted by molar-refractivity contribution is 6.35. The summed E-state index contributed by atoms with van der Waals surface area (Å²) in [6.45, 7) is 12.0. The molecular weight excluding hydrogens is 548 g/mol. The molecule has 42 heavy (non-hydrogen) atoms. The van der Waals surface area contributed by atoms with Crippen molar-refractivity contribution in [2.45, 2.75) is 53.1 Å². The first-order chi connectivity index (χ1) is 20.3. The summed E-state index contributed by atoms with van der Waals surface area (Å²) in [6, 6.07) is 19.6. The number of methoxy groups -OCH3 is 2. The lowest BCUT2D eigenvalue weighted by atomic mass is 9.97. The van der Waals surface area contributed by atoms with Crippen LogP contribution in [0, 0.1) is 5.92 Å². The lowest BCUT2D eigenvalue weighted by Crippen LogP contribution is -2.38. The van der Waals surface area contributed by atoms with Gasteiger partial charge in [0.15, 0.2) is 11.5 Å². The van der Waals surface area contributed by atoms with E-state index in [2.05, 4.69) is 61.8 Å². The van der Waals surface area contributed by atoms with Crippen LogP contribution in [-0.4, -0.2) is 59.5 Å². The van der Waals surface area contributed by atoms with Gasteiger partial charge in [0.2, 0.25) is 0 Å². The maximum Gasteiger partial charge on any atom is 0.256 e. The number of carbonyl (C=O) groups is 1. The van der Waals surface area contributed by atoms with Crippen molar-refractivity contribution in [3.63, 3.8) is 0 Å². The van der Waals surface area contributed by atoms with Crippen molar-refractivity contribution >= 4 is 28.5 Å². The van der Waals surface area contributed by atoms with Crippen LogP contribution in [-0.2, 0) is 13.0 Å². The Balaban J connectivity index is 1.85. The van der Waals surface area contributed by atoms with Gasteiger partial charge in [0.1, 0.15) is 5.82 Å². The number of imidazole rings is 1. The van der Waals surface area contributed by atoms with Gasteiger partial charge in [0, 0.05) is 19.5 Å². The average Bonchev–Trinajstić information content (AvgIpc) is 3.43. The Hall–Kier alpha value is -3.55. The first-order valence-corrected chi connectivity index (χ1v) is 15.1. The molecule has 0 fully saturated rings. The Morgan fingerprint density at radius 3 is 2.29 bits per heavy atom. The van der Waals surface area contributed by atoms with Crippen LogP contribution < -0.4 is 9.47 Å². The summed E-state index contributed by atoms with van der Waals surface area (Å²) in [5, 5.41) is 0.238. The third-order valence-corrected chi connectivity index (χ3v) is 8.22. The molecule has 1 N–H and O–H groups in total. The van der Waals surface area contributed by atoms with Crippen LogP contribution in [0.25, 0.3) is 11.0 Å². The highest BCUT2D eigenvalue weighted by Gasteiger charge is 2.32. The Kier molecular flexibility index (Phi) is 10.9. The lowest BCUT2D eigenvalue weighted by Gasteiger charge is -2.33. The van der Waals surface area contributed by atoms with Crippen LogP contribution in [0.5, 0.6) is 11.5 Å². The quantitative estimate of drug-likeness (QED) is 0.164. The number of aromatic amines is 1. The van der Waals surface area contributed by atoms with Crippen molar-refractivity contribution in [1.29, 1.82) is 0 Å². The number of hydrogen-bond donors (Lipinski definition) is 1. The summed E-state index contributed by atoms with van der Waals surface area (Å²) < 4.78 is 11.0. The van der Waals surface area contributed by atoms with Gasteiger partial charge in [-0.1, -0.05) is 75.7 Å². The Labute approximate surface area is 254 Å². The van der Waals surface area contributed by atoms with Crippen molar-refractivity contribution in [1.82, 2.24) is 19.8 Å². The number of aromatic nitrogens is 2. The number of nitrogens with one attached hydrogen (secondary N) is 1. The first kappa shape index (κ1) is 31.4. The minimum absolute atomic E-state index is 0.173. The number of para-hydroxylation sites is 2. The number of fused-ring (bicyclic) bond motifs is 1. The SMILES string of the molecule is CCN(CC)Cc1ccccc1CC(c1nc2ccccc2[nH]1)N(CCC(C)C)C(=O)c1ccc(OC)c(OC)c1Cl. The molecule has 0 aliphatic carbocycles. The zero-order valence-electron chi connectivity index (χ0n) is 25.6. The minimum Gasteiger partial charge on any atom is -0.493 e. The maximum atomic E-state index is 14.5. The second kappa shape index (κ2) is 14.6. The fourth-order valence-corrected chi connectivity index (χ4v) is 5.61. The summed E-state index contributed by atoms with van der Waals surface area (Å²) in [7, 11) is 3.08. The molecular formula is C34H43ClN4O3. The van der Waals surface area contributed by atoms with Gasteiger partial charge >= 0.3 is 0 Å². The second-order valence-corrected chi connectivity index (χ2v) is 11.3. The van der Waals surface area contributed by atoms with Gasteiger partial charge in [0.25, 0.3) is 5.91 Å². The number of carbonyl (C=O) groups excluding carboxylic acids is 1. The molecule has 4 aromatic rings. The van der Waals surface area contributed by atoms with Gasteiger partial charge in [-0.05, 0) is 60.8 Å². The minimum atomic E-state index is -0.356. The molecule has 0 spiro atoms. The molecule has 1 aromatic heterocycles. The van der Waals surface area contributed by atoms with E-state index in [9.17, 15) is 4.79 Å². The van der Waals surface area contributed by atoms with Crippen molar-refractivity contribution in [3.05, 3.63) is 88.2 Å². The zero-order valence-corrected chi connectivity index (χ0v) is 26.4. The van der Waals surface area contributed by atoms with E-state index in [1.165, 1.54) is 18.2 Å². The van der Waals surface area contributed by atoms with Gasteiger partial charge in [-0.15, -0.1) is 0 Å². The number of benzene rings is 3. The molecule has 4 rings (SSSR count). The first-order valence-electron chi connectivity index (χ1n) is 14.8. The number of H-pyrrole nitrogens is 1. The largest absolute Gasteiger partial charge is 0.493 e. The smallest absolute Gasteiger partial charge is 0.256 e. The molecule has 0 radical (unpaired) electrons. The summed E-state index contributed by atoms with van der Waals surface area (Å²) in [4.78, 5) is 27.4. The van der Waals surface area contributed by atoms with Crippen molar-refractivity contribution in [2.24, 2.45) is 5.92 Å². The van der Waals surface area contributed by atoms with E-state index >= 15 is 0 Å². The van der Waals surface area contributed by atoms with Crippen LogP contribution in [0.4, 0.5) is 0 Å². The van der Waals surface area contributed by atoms with Gasteiger partial charge in [-0.25, -0.2) is 4.98 Å². The molecule has 7 nitrogen and oxygen atoms in total. The number of hydrogen-bond acceptors (Lipinski definition) is 5. The summed E-state index contributed by atoms with van der Waals surface area (Å²) in [5.41, 5.74) is 4.62. The van der Waals surface area contributed by atoms with E-state index in [0.29, 0.717) is 35.9 Å². The molecule has 0 bridgehead atoms. The summed E-state index contributed by atoms with van der Waals surface area (Å²) in [6.07, 6.45) is 1.43. The van der Waals surface area contributed by atoms with Crippen molar-refractivity contribution in [3.8, 4) is 11.5 Å². The normalized spacial score (nSPS) is 12.2. The highest BCUT2D eigenvalue weighted by Crippen LogP contribution is 2.39. The van der Waals surface area contributed by atoms with Gasteiger partial charge < -0.3 is 19.4 Å². The van der Waals surface area contributed by atoms with Crippen LogP contribution in [0.2, 0.25) is 5.02 Å². The molecule has 3 aromatic carbocycles. The molecule has 8 heteroatoms. The fraction of sp³-hybridized carbons (Fsp3) is 0.412. The molecule has 0 aliphatic heterocycles. The molecule has 0 saturated carbocycles. The highest BCUT2D eigenvalue weighted by atomic mass is 35.5. The van der Waals surface area contributed by atoms with Crippen molar-refractivity contribution < 1.29 is 14.3 Å². The summed E-state index contributed by atoms with van der Waals surface area (Å²) in [5.74, 6) is 1.80. The molecule has 1 heterocycles. The van der Waals surface area contributed by atoms with Gasteiger partial charge in [-0.2, -0.15) is 0 Å². The number of rotatable bonds is 14. The van der Waals surface area contributed by atoms with E-state index in [1.54, 1.807) is 19.2 Å². The van der Waals surface area contributed by atoms with Gasteiger partial charge in [0.05, 0.1) is 41.9 Å². The van der Waals surface area contributed by atoms with E-state index < -0.39 is 0 Å². The van der Waals surface area contributed by atoms with Crippen LogP contribution in [0.1, 0.15) is 67.5 Å². The maximum absolute atomic E-state index is 14.5. The van der Waals surface area contributed by atoms with E-state index in [0.717, 1.165) is 42.9 Å². The predicted molar refractivity (Wildman–Crippen MR) is 171 cm³/mol. The molecule has 0 saturated heterocycles. The number of nitrogens with zero attached hydrogens (tertiary/aromatic N) is 3. The molecule has 0 aliphatic rings. The molecule has 1 amide bonds. The van der Waals surface area contributed by atoms with E-state index in [4.69, 9.17) is 26.1 Å². The fourth-order valence-electron chi connectivity index (χ4n) is 5.30. The lowest BCUT2D eigenvalue weighted by molar-refractivity contribution is 0.0656. The van der Waals surface area contributed by atoms with Gasteiger partial charge in [-0.3, -0.25) is 9.69 Å². The molecule has 1 atom stereocenters. The molecule has 224 valence electrons. The van der Waals surface area contributed by atoms with Crippen LogP contribution in [0.3, 0.4) is 0 Å². The number of ether oxygens (including phenoxy) is 2. The molecule has 1 unspecified atom stereocenters. The Morgan fingerprint density at radius 1 is 0.952 bits per heavy atom. The summed E-state index contributed by atoms with van der Waals surface area (Å²) >= 11 is 6.80. The monoisotopic (exact) mass is 590 g/mol. The van der Waals surface area contributed by atoms with Crippen LogP contribution >= 0.6 is 11.6 Å². The van der Waals surface area contributed by atoms with Crippen LogP contribution in [0.15, 0.2) is 60.7 Å². The van der Waals surface area contributed by atoms with E-state index in [1.807, 2.05) is 29.2 Å². The number of halogens is 1.